The van der Waals surface area contributed by atoms with Gasteiger partial charge in [-0.25, -0.2) is 0 Å². The SMILES string of the molecule is CC(=O)Oc1ccc(/C=C(\C#N)C(=O)Nc2cccc(I)c2)cc1. The van der Waals surface area contributed by atoms with E-state index in [4.69, 9.17) is 4.74 Å². The summed E-state index contributed by atoms with van der Waals surface area (Å²) in [5, 5.41) is 11.9. The van der Waals surface area contributed by atoms with Gasteiger partial charge < -0.3 is 10.1 Å². The van der Waals surface area contributed by atoms with Gasteiger partial charge in [-0.2, -0.15) is 5.26 Å². The Morgan fingerprint density at radius 1 is 1.21 bits per heavy atom. The minimum Gasteiger partial charge on any atom is -0.427 e. The lowest BCUT2D eigenvalue weighted by Gasteiger charge is -2.05. The van der Waals surface area contributed by atoms with Crippen LogP contribution in [0, 0.1) is 14.9 Å². The highest BCUT2D eigenvalue weighted by Gasteiger charge is 2.10. The Balaban J connectivity index is 2.15. The summed E-state index contributed by atoms with van der Waals surface area (Å²) in [6, 6.07) is 15.7. The van der Waals surface area contributed by atoms with Crippen LogP contribution in [0.15, 0.2) is 54.1 Å². The summed E-state index contributed by atoms with van der Waals surface area (Å²) in [5.74, 6) is -0.488. The standard InChI is InChI=1S/C18H13IN2O3/c1-12(22)24-17-7-5-13(6-8-17)9-14(11-20)18(23)21-16-4-2-3-15(19)10-16/h2-10H,1H3,(H,21,23)/b14-9+. The van der Waals surface area contributed by atoms with Crippen molar-refractivity contribution < 1.29 is 14.3 Å². The molecule has 0 saturated carbocycles. The third kappa shape index (κ3) is 5.21. The number of halogens is 1. The van der Waals surface area contributed by atoms with Crippen molar-refractivity contribution in [2.45, 2.75) is 6.92 Å². The summed E-state index contributed by atoms with van der Waals surface area (Å²) in [6.07, 6.45) is 1.47. The van der Waals surface area contributed by atoms with Crippen LogP contribution in [-0.2, 0) is 9.59 Å². The number of nitriles is 1. The number of nitrogens with zero attached hydrogens (tertiary/aromatic N) is 1. The Labute approximate surface area is 153 Å². The summed E-state index contributed by atoms with van der Waals surface area (Å²) >= 11 is 2.14. The molecule has 0 aliphatic heterocycles. The largest absolute Gasteiger partial charge is 0.427 e. The van der Waals surface area contributed by atoms with Crippen molar-refractivity contribution in [3.05, 3.63) is 63.2 Å². The molecule has 0 heterocycles. The van der Waals surface area contributed by atoms with Crippen molar-refractivity contribution in [1.29, 1.82) is 5.26 Å². The number of esters is 1. The van der Waals surface area contributed by atoms with Crippen LogP contribution in [-0.4, -0.2) is 11.9 Å². The summed E-state index contributed by atoms with van der Waals surface area (Å²) in [4.78, 5) is 23.1. The van der Waals surface area contributed by atoms with Gasteiger partial charge in [0.15, 0.2) is 0 Å². The molecule has 0 fully saturated rings. The number of amides is 1. The zero-order valence-electron chi connectivity index (χ0n) is 12.7. The average Bonchev–Trinajstić information content (AvgIpc) is 2.53. The number of benzene rings is 2. The van der Waals surface area contributed by atoms with Gasteiger partial charge in [-0.3, -0.25) is 9.59 Å². The number of rotatable bonds is 4. The molecule has 0 radical (unpaired) electrons. The maximum absolute atomic E-state index is 12.2. The van der Waals surface area contributed by atoms with E-state index in [1.807, 2.05) is 18.2 Å². The lowest BCUT2D eigenvalue weighted by molar-refractivity contribution is -0.131. The molecule has 0 saturated heterocycles. The third-order valence-electron chi connectivity index (χ3n) is 2.90. The molecular formula is C18H13IN2O3. The summed E-state index contributed by atoms with van der Waals surface area (Å²) < 4.78 is 5.91. The van der Waals surface area contributed by atoms with Crippen molar-refractivity contribution in [2.24, 2.45) is 0 Å². The maximum atomic E-state index is 12.2. The molecule has 0 aromatic heterocycles. The Morgan fingerprint density at radius 3 is 2.50 bits per heavy atom. The molecule has 2 rings (SSSR count). The van der Waals surface area contributed by atoms with E-state index in [0.29, 0.717) is 17.0 Å². The van der Waals surface area contributed by atoms with Gasteiger partial charge in [0.05, 0.1) is 0 Å². The Kier molecular flexibility index (Phi) is 6.09. The van der Waals surface area contributed by atoms with Crippen LogP contribution in [0.1, 0.15) is 12.5 Å². The van der Waals surface area contributed by atoms with Gasteiger partial charge in [-0.05, 0) is 64.6 Å². The molecule has 0 bridgehead atoms. The molecule has 2 aromatic carbocycles. The number of hydrogen-bond acceptors (Lipinski definition) is 4. The van der Waals surface area contributed by atoms with Gasteiger partial charge in [-0.15, -0.1) is 0 Å². The minimum atomic E-state index is -0.483. The zero-order chi connectivity index (χ0) is 17.5. The van der Waals surface area contributed by atoms with E-state index in [1.54, 1.807) is 36.4 Å². The molecule has 24 heavy (non-hydrogen) atoms. The fourth-order valence-electron chi connectivity index (χ4n) is 1.88. The third-order valence-corrected chi connectivity index (χ3v) is 3.57. The molecule has 0 atom stereocenters. The van der Waals surface area contributed by atoms with Crippen LogP contribution in [0.3, 0.4) is 0 Å². The smallest absolute Gasteiger partial charge is 0.308 e. The van der Waals surface area contributed by atoms with Gasteiger partial charge in [-0.1, -0.05) is 18.2 Å². The first-order chi connectivity index (χ1) is 11.5. The number of ether oxygens (including phenoxy) is 1. The van der Waals surface area contributed by atoms with Gasteiger partial charge in [0, 0.05) is 16.2 Å². The number of nitrogens with one attached hydrogen (secondary N) is 1. The number of carbonyl (C=O) groups is 2. The van der Waals surface area contributed by atoms with E-state index in [9.17, 15) is 14.9 Å². The quantitative estimate of drug-likeness (QED) is 0.262. The topological polar surface area (TPSA) is 79.2 Å². The van der Waals surface area contributed by atoms with E-state index >= 15 is 0 Å². The molecule has 6 heteroatoms. The van der Waals surface area contributed by atoms with E-state index in [1.165, 1.54) is 13.0 Å². The second kappa shape index (κ2) is 8.26. The second-order valence-electron chi connectivity index (χ2n) is 4.80. The van der Waals surface area contributed by atoms with Gasteiger partial charge in [0.2, 0.25) is 0 Å². The number of hydrogen-bond donors (Lipinski definition) is 1. The molecule has 0 unspecified atom stereocenters. The highest BCUT2D eigenvalue weighted by molar-refractivity contribution is 14.1. The predicted octanol–water partition coefficient (Wildman–Crippen LogP) is 3.76. The van der Waals surface area contributed by atoms with Crippen LogP contribution >= 0.6 is 22.6 Å². The predicted molar refractivity (Wildman–Crippen MR) is 99.1 cm³/mol. The summed E-state index contributed by atoms with van der Waals surface area (Å²) in [5.41, 5.74) is 1.26. The normalized spacial score (nSPS) is 10.6. The van der Waals surface area contributed by atoms with Crippen LogP contribution < -0.4 is 10.1 Å². The van der Waals surface area contributed by atoms with Crippen molar-refractivity contribution in [1.82, 2.24) is 0 Å². The van der Waals surface area contributed by atoms with Crippen molar-refractivity contribution >= 4 is 46.2 Å². The van der Waals surface area contributed by atoms with Crippen LogP contribution in [0.5, 0.6) is 5.75 Å². The summed E-state index contributed by atoms with van der Waals surface area (Å²) in [7, 11) is 0. The molecule has 1 N–H and O–H groups in total. The number of carbonyl (C=O) groups excluding carboxylic acids is 2. The molecule has 120 valence electrons. The van der Waals surface area contributed by atoms with Gasteiger partial charge in [0.1, 0.15) is 17.4 Å². The van der Waals surface area contributed by atoms with E-state index in [0.717, 1.165) is 3.57 Å². The first-order valence-corrected chi connectivity index (χ1v) is 8.03. The van der Waals surface area contributed by atoms with E-state index in [2.05, 4.69) is 27.9 Å². The fraction of sp³-hybridized carbons (Fsp3) is 0.0556. The fourth-order valence-corrected chi connectivity index (χ4v) is 2.42. The maximum Gasteiger partial charge on any atom is 0.308 e. The van der Waals surface area contributed by atoms with Crippen molar-refractivity contribution in [3.63, 3.8) is 0 Å². The highest BCUT2D eigenvalue weighted by Crippen LogP contribution is 2.17. The Hall–Kier alpha value is -2.66. The van der Waals surface area contributed by atoms with Crippen molar-refractivity contribution in [3.8, 4) is 11.8 Å². The average molecular weight is 432 g/mol. The first-order valence-electron chi connectivity index (χ1n) is 6.95. The summed E-state index contributed by atoms with van der Waals surface area (Å²) in [6.45, 7) is 1.32. The van der Waals surface area contributed by atoms with E-state index < -0.39 is 11.9 Å². The lowest BCUT2D eigenvalue weighted by Crippen LogP contribution is -2.13. The monoisotopic (exact) mass is 432 g/mol. The Morgan fingerprint density at radius 2 is 1.92 bits per heavy atom. The second-order valence-corrected chi connectivity index (χ2v) is 6.04. The van der Waals surface area contributed by atoms with E-state index in [-0.39, 0.29) is 5.57 Å². The molecule has 0 spiro atoms. The zero-order valence-corrected chi connectivity index (χ0v) is 14.9. The lowest BCUT2D eigenvalue weighted by atomic mass is 10.1. The van der Waals surface area contributed by atoms with Crippen molar-refractivity contribution in [2.75, 3.05) is 5.32 Å². The minimum absolute atomic E-state index is 0.0194. The molecule has 1 amide bonds. The van der Waals surface area contributed by atoms with Crippen LogP contribution in [0.2, 0.25) is 0 Å². The number of anilines is 1. The molecule has 0 aliphatic carbocycles. The molecular weight excluding hydrogens is 419 g/mol. The van der Waals surface area contributed by atoms with Gasteiger partial charge >= 0.3 is 5.97 Å². The Bertz CT molecular complexity index is 836. The van der Waals surface area contributed by atoms with Gasteiger partial charge in [0.25, 0.3) is 5.91 Å². The van der Waals surface area contributed by atoms with Crippen LogP contribution in [0.25, 0.3) is 6.08 Å². The molecule has 2 aromatic rings. The molecule has 0 aliphatic rings. The first kappa shape index (κ1) is 17.7. The molecule has 5 nitrogen and oxygen atoms in total. The van der Waals surface area contributed by atoms with Crippen LogP contribution in [0.4, 0.5) is 5.69 Å². The highest BCUT2D eigenvalue weighted by atomic mass is 127.